The molecule has 0 N–H and O–H groups in total. The highest BCUT2D eigenvalue weighted by Gasteiger charge is 2.31. The summed E-state index contributed by atoms with van der Waals surface area (Å²) in [5.74, 6) is 0.0622. The molecule has 0 bridgehead atoms. The van der Waals surface area contributed by atoms with E-state index in [1.165, 1.54) is 29.6 Å². The van der Waals surface area contributed by atoms with Crippen LogP contribution in [0.25, 0.3) is 0 Å². The number of hydrogen-bond donors (Lipinski definition) is 0. The van der Waals surface area contributed by atoms with Gasteiger partial charge in [0.05, 0.1) is 12.8 Å². The molecule has 1 aliphatic carbocycles. The molecule has 92 valence electrons. The molecule has 0 amide bonds. The van der Waals surface area contributed by atoms with E-state index >= 15 is 0 Å². The minimum atomic E-state index is -0.288. The second kappa shape index (κ2) is 4.21. The SMILES string of the molecule is COC(=O)c1sc(C2Cc3ccccc32)nc1C. The second-order valence-electron chi connectivity index (χ2n) is 4.41. The number of rotatable bonds is 2. The molecule has 1 atom stereocenters. The predicted molar refractivity (Wildman–Crippen MR) is 70.2 cm³/mol. The first-order chi connectivity index (χ1) is 8.70. The number of nitrogens with zero attached hydrogens (tertiary/aromatic N) is 1. The van der Waals surface area contributed by atoms with Crippen molar-refractivity contribution in [1.82, 2.24) is 4.98 Å². The highest BCUT2D eigenvalue weighted by Crippen LogP contribution is 2.41. The van der Waals surface area contributed by atoms with Crippen LogP contribution in [0.15, 0.2) is 24.3 Å². The van der Waals surface area contributed by atoms with Crippen molar-refractivity contribution in [2.45, 2.75) is 19.3 Å². The van der Waals surface area contributed by atoms with Crippen LogP contribution in [0, 0.1) is 6.92 Å². The number of ether oxygens (including phenoxy) is 1. The smallest absolute Gasteiger partial charge is 0.349 e. The average Bonchev–Trinajstić information content (AvgIpc) is 2.72. The molecule has 0 saturated carbocycles. The molecule has 0 fully saturated rings. The number of fused-ring (bicyclic) bond motifs is 1. The lowest BCUT2D eigenvalue weighted by atomic mass is 9.78. The van der Waals surface area contributed by atoms with Crippen molar-refractivity contribution in [3.05, 3.63) is 51.0 Å². The van der Waals surface area contributed by atoms with Gasteiger partial charge in [0.2, 0.25) is 0 Å². The van der Waals surface area contributed by atoms with Crippen molar-refractivity contribution in [2.24, 2.45) is 0 Å². The fraction of sp³-hybridized carbons (Fsp3) is 0.286. The molecular weight excluding hydrogens is 246 g/mol. The van der Waals surface area contributed by atoms with E-state index in [-0.39, 0.29) is 5.97 Å². The number of carbonyl (C=O) groups is 1. The number of aryl methyl sites for hydroxylation is 1. The molecule has 1 aromatic heterocycles. The highest BCUT2D eigenvalue weighted by atomic mass is 32.1. The Hall–Kier alpha value is -1.68. The molecule has 0 radical (unpaired) electrons. The maximum atomic E-state index is 11.6. The summed E-state index contributed by atoms with van der Waals surface area (Å²) >= 11 is 1.45. The Kier molecular flexibility index (Phi) is 2.67. The molecule has 1 aliphatic rings. The normalized spacial score (nSPS) is 16.9. The summed E-state index contributed by atoms with van der Waals surface area (Å²) < 4.78 is 4.76. The number of esters is 1. The van der Waals surface area contributed by atoms with E-state index in [0.29, 0.717) is 10.8 Å². The van der Waals surface area contributed by atoms with E-state index in [0.717, 1.165) is 17.1 Å². The Balaban J connectivity index is 1.94. The van der Waals surface area contributed by atoms with Gasteiger partial charge in [-0.05, 0) is 24.5 Å². The van der Waals surface area contributed by atoms with Crippen LogP contribution in [0.3, 0.4) is 0 Å². The van der Waals surface area contributed by atoms with Crippen LogP contribution in [-0.4, -0.2) is 18.1 Å². The van der Waals surface area contributed by atoms with Gasteiger partial charge in [0.1, 0.15) is 9.88 Å². The van der Waals surface area contributed by atoms with Gasteiger partial charge in [0.15, 0.2) is 0 Å². The Morgan fingerprint density at radius 2 is 2.22 bits per heavy atom. The number of methoxy groups -OCH3 is 1. The first-order valence-electron chi connectivity index (χ1n) is 5.84. The third kappa shape index (κ3) is 1.64. The molecule has 1 unspecified atom stereocenters. The maximum Gasteiger partial charge on any atom is 0.349 e. The summed E-state index contributed by atoms with van der Waals surface area (Å²) in [6, 6.07) is 8.39. The number of aromatic nitrogens is 1. The summed E-state index contributed by atoms with van der Waals surface area (Å²) in [5.41, 5.74) is 3.49. The van der Waals surface area contributed by atoms with E-state index in [4.69, 9.17) is 4.74 Å². The standard InChI is InChI=1S/C14H13NO2S/c1-8-12(14(16)17-2)18-13(15-8)11-7-9-5-3-4-6-10(9)11/h3-6,11H,7H2,1-2H3. The average molecular weight is 259 g/mol. The van der Waals surface area contributed by atoms with E-state index < -0.39 is 0 Å². The van der Waals surface area contributed by atoms with Gasteiger partial charge in [-0.15, -0.1) is 11.3 Å². The molecular formula is C14H13NO2S. The van der Waals surface area contributed by atoms with Crippen LogP contribution in [-0.2, 0) is 11.2 Å². The second-order valence-corrected chi connectivity index (χ2v) is 5.44. The minimum absolute atomic E-state index is 0.288. The van der Waals surface area contributed by atoms with Crippen LogP contribution >= 0.6 is 11.3 Å². The minimum Gasteiger partial charge on any atom is -0.465 e. The lowest BCUT2D eigenvalue weighted by molar-refractivity contribution is 0.0605. The molecule has 0 saturated heterocycles. The monoisotopic (exact) mass is 259 g/mol. The van der Waals surface area contributed by atoms with E-state index in [9.17, 15) is 4.79 Å². The number of benzene rings is 1. The molecule has 3 nitrogen and oxygen atoms in total. The van der Waals surface area contributed by atoms with Gasteiger partial charge in [-0.2, -0.15) is 0 Å². The maximum absolute atomic E-state index is 11.6. The van der Waals surface area contributed by atoms with Gasteiger partial charge < -0.3 is 4.74 Å². The zero-order valence-corrected chi connectivity index (χ0v) is 11.1. The van der Waals surface area contributed by atoms with E-state index in [1.807, 2.05) is 13.0 Å². The van der Waals surface area contributed by atoms with E-state index in [2.05, 4.69) is 23.2 Å². The predicted octanol–water partition coefficient (Wildman–Crippen LogP) is 2.93. The zero-order chi connectivity index (χ0) is 12.7. The molecule has 4 heteroatoms. The fourth-order valence-electron chi connectivity index (χ4n) is 2.33. The van der Waals surface area contributed by atoms with Gasteiger partial charge in [-0.3, -0.25) is 0 Å². The largest absolute Gasteiger partial charge is 0.465 e. The highest BCUT2D eigenvalue weighted by molar-refractivity contribution is 7.13. The first-order valence-corrected chi connectivity index (χ1v) is 6.65. The van der Waals surface area contributed by atoms with Gasteiger partial charge in [-0.1, -0.05) is 24.3 Å². The number of carbonyl (C=O) groups excluding carboxylic acids is 1. The Labute approximate surface area is 109 Å². The van der Waals surface area contributed by atoms with Gasteiger partial charge in [0.25, 0.3) is 0 Å². The topological polar surface area (TPSA) is 39.2 Å². The van der Waals surface area contributed by atoms with Crippen molar-refractivity contribution < 1.29 is 9.53 Å². The van der Waals surface area contributed by atoms with Gasteiger partial charge in [0, 0.05) is 5.92 Å². The number of thiazole rings is 1. The van der Waals surface area contributed by atoms with Crippen molar-refractivity contribution in [3.63, 3.8) is 0 Å². The van der Waals surface area contributed by atoms with Crippen molar-refractivity contribution in [2.75, 3.05) is 7.11 Å². The van der Waals surface area contributed by atoms with Gasteiger partial charge >= 0.3 is 5.97 Å². The lowest BCUT2D eigenvalue weighted by Crippen LogP contribution is -2.17. The van der Waals surface area contributed by atoms with E-state index in [1.54, 1.807) is 0 Å². The zero-order valence-electron chi connectivity index (χ0n) is 10.3. The molecule has 2 aromatic rings. The van der Waals surface area contributed by atoms with Crippen molar-refractivity contribution >= 4 is 17.3 Å². The Bertz CT molecular complexity index is 618. The summed E-state index contributed by atoms with van der Waals surface area (Å²) in [6.45, 7) is 1.86. The molecule has 0 spiro atoms. The summed E-state index contributed by atoms with van der Waals surface area (Å²) in [6.07, 6.45) is 1.02. The third-order valence-corrected chi connectivity index (χ3v) is 4.59. The van der Waals surface area contributed by atoms with Crippen molar-refractivity contribution in [1.29, 1.82) is 0 Å². The van der Waals surface area contributed by atoms with Crippen LogP contribution in [0.1, 0.15) is 37.4 Å². The third-order valence-electron chi connectivity index (χ3n) is 3.34. The Morgan fingerprint density at radius 3 is 2.94 bits per heavy atom. The van der Waals surface area contributed by atoms with Crippen LogP contribution < -0.4 is 0 Å². The summed E-state index contributed by atoms with van der Waals surface area (Å²) in [4.78, 5) is 16.7. The summed E-state index contributed by atoms with van der Waals surface area (Å²) in [5, 5.41) is 1.02. The fourth-order valence-corrected chi connectivity index (χ4v) is 3.43. The van der Waals surface area contributed by atoms with Crippen LogP contribution in [0.2, 0.25) is 0 Å². The Morgan fingerprint density at radius 1 is 1.44 bits per heavy atom. The molecule has 3 rings (SSSR count). The van der Waals surface area contributed by atoms with Crippen molar-refractivity contribution in [3.8, 4) is 0 Å². The quantitative estimate of drug-likeness (QED) is 0.778. The van der Waals surface area contributed by atoms with Crippen LogP contribution in [0.4, 0.5) is 0 Å². The summed E-state index contributed by atoms with van der Waals surface area (Å²) in [7, 11) is 1.40. The molecule has 1 aromatic carbocycles. The molecule has 0 aliphatic heterocycles. The lowest BCUT2D eigenvalue weighted by Gasteiger charge is -2.28. The first kappa shape index (κ1) is 11.4. The molecule has 1 heterocycles. The van der Waals surface area contributed by atoms with Crippen LogP contribution in [0.5, 0.6) is 0 Å². The van der Waals surface area contributed by atoms with Gasteiger partial charge in [-0.25, -0.2) is 9.78 Å². The number of hydrogen-bond acceptors (Lipinski definition) is 4. The molecule has 18 heavy (non-hydrogen) atoms.